The standard InChI is InChI=1S/C14H19N3O2S2/c1-3-15-12-4-6-13(7-5-12)21(18,19)16-9-8-14-17-11(2)10-20-14/h4-7,10,15-16H,3,8-9H2,1-2H3. The molecule has 2 N–H and O–H groups in total. The van der Waals surface area contributed by atoms with Crippen molar-refractivity contribution in [3.05, 3.63) is 40.3 Å². The van der Waals surface area contributed by atoms with E-state index < -0.39 is 10.0 Å². The molecule has 0 bridgehead atoms. The topological polar surface area (TPSA) is 71.1 Å². The molecule has 0 amide bonds. The summed E-state index contributed by atoms with van der Waals surface area (Å²) in [5.41, 5.74) is 1.88. The Kier molecular flexibility index (Phi) is 5.33. The van der Waals surface area contributed by atoms with E-state index in [9.17, 15) is 8.42 Å². The van der Waals surface area contributed by atoms with Gasteiger partial charge < -0.3 is 5.32 Å². The number of nitrogens with one attached hydrogen (secondary N) is 2. The van der Waals surface area contributed by atoms with Crippen LogP contribution in [0.2, 0.25) is 0 Å². The summed E-state index contributed by atoms with van der Waals surface area (Å²) in [6.07, 6.45) is 0.604. The van der Waals surface area contributed by atoms with Crippen molar-refractivity contribution in [1.29, 1.82) is 0 Å². The lowest BCUT2D eigenvalue weighted by molar-refractivity contribution is 0.581. The number of aryl methyl sites for hydroxylation is 1. The predicted molar refractivity (Wildman–Crippen MR) is 86.3 cm³/mol. The van der Waals surface area contributed by atoms with E-state index in [1.165, 1.54) is 0 Å². The molecule has 0 unspecified atom stereocenters. The zero-order valence-electron chi connectivity index (χ0n) is 12.1. The Morgan fingerprint density at radius 2 is 1.95 bits per heavy atom. The third-order valence-corrected chi connectivity index (χ3v) is 5.35. The minimum absolute atomic E-state index is 0.277. The van der Waals surface area contributed by atoms with Crippen LogP contribution in [0, 0.1) is 6.92 Å². The molecule has 0 saturated carbocycles. The Labute approximate surface area is 129 Å². The molecular formula is C14H19N3O2S2. The van der Waals surface area contributed by atoms with Gasteiger partial charge in [-0.25, -0.2) is 18.1 Å². The summed E-state index contributed by atoms with van der Waals surface area (Å²) in [5.74, 6) is 0. The maximum atomic E-state index is 12.1. The molecule has 0 spiro atoms. The summed E-state index contributed by atoms with van der Waals surface area (Å²) in [6.45, 7) is 5.07. The van der Waals surface area contributed by atoms with Gasteiger partial charge >= 0.3 is 0 Å². The summed E-state index contributed by atoms with van der Waals surface area (Å²) < 4.78 is 26.9. The van der Waals surface area contributed by atoms with Crippen molar-refractivity contribution in [2.24, 2.45) is 0 Å². The van der Waals surface area contributed by atoms with Gasteiger partial charge in [0, 0.05) is 36.3 Å². The number of aromatic nitrogens is 1. The van der Waals surface area contributed by atoms with Crippen molar-refractivity contribution in [2.75, 3.05) is 18.4 Å². The normalized spacial score (nSPS) is 11.5. The van der Waals surface area contributed by atoms with Gasteiger partial charge in [0.05, 0.1) is 9.90 Å². The van der Waals surface area contributed by atoms with Crippen LogP contribution >= 0.6 is 11.3 Å². The highest BCUT2D eigenvalue weighted by Crippen LogP contribution is 2.14. The summed E-state index contributed by atoms with van der Waals surface area (Å²) in [4.78, 5) is 4.59. The Hall–Kier alpha value is -1.44. The smallest absolute Gasteiger partial charge is 0.240 e. The van der Waals surface area contributed by atoms with Gasteiger partial charge in [-0.3, -0.25) is 0 Å². The highest BCUT2D eigenvalue weighted by molar-refractivity contribution is 7.89. The van der Waals surface area contributed by atoms with Crippen LogP contribution in [0.25, 0.3) is 0 Å². The van der Waals surface area contributed by atoms with Gasteiger partial charge in [0.15, 0.2) is 0 Å². The van der Waals surface area contributed by atoms with Crippen molar-refractivity contribution < 1.29 is 8.42 Å². The van der Waals surface area contributed by atoms with E-state index in [1.807, 2.05) is 19.2 Å². The zero-order chi connectivity index (χ0) is 15.3. The van der Waals surface area contributed by atoms with E-state index in [4.69, 9.17) is 0 Å². The third kappa shape index (κ3) is 4.52. The Bertz CT molecular complexity index is 678. The molecule has 0 saturated heterocycles. The lowest BCUT2D eigenvalue weighted by atomic mass is 10.3. The van der Waals surface area contributed by atoms with Gasteiger partial charge in [-0.05, 0) is 38.1 Å². The fraction of sp³-hybridized carbons (Fsp3) is 0.357. The number of hydrogen-bond acceptors (Lipinski definition) is 5. The van der Waals surface area contributed by atoms with Crippen molar-refractivity contribution in [3.63, 3.8) is 0 Å². The first kappa shape index (κ1) is 15.9. The van der Waals surface area contributed by atoms with Gasteiger partial charge in [0.2, 0.25) is 10.0 Å². The Balaban J connectivity index is 1.94. The van der Waals surface area contributed by atoms with Gasteiger partial charge in [0.1, 0.15) is 0 Å². The molecule has 7 heteroatoms. The maximum absolute atomic E-state index is 12.1. The number of anilines is 1. The summed E-state index contributed by atoms with van der Waals surface area (Å²) >= 11 is 1.55. The molecule has 0 fully saturated rings. The lowest BCUT2D eigenvalue weighted by Crippen LogP contribution is -2.26. The van der Waals surface area contributed by atoms with Crippen molar-refractivity contribution in [1.82, 2.24) is 9.71 Å². The van der Waals surface area contributed by atoms with Gasteiger partial charge in [-0.1, -0.05) is 0 Å². The number of hydrogen-bond donors (Lipinski definition) is 2. The highest BCUT2D eigenvalue weighted by atomic mass is 32.2. The van der Waals surface area contributed by atoms with Crippen molar-refractivity contribution in [2.45, 2.75) is 25.2 Å². The minimum atomic E-state index is -3.46. The van der Waals surface area contributed by atoms with Crippen LogP contribution in [0.15, 0.2) is 34.5 Å². The monoisotopic (exact) mass is 325 g/mol. The molecule has 1 aromatic carbocycles. The van der Waals surface area contributed by atoms with Gasteiger partial charge in [0.25, 0.3) is 0 Å². The number of benzene rings is 1. The molecule has 2 aromatic rings. The molecule has 114 valence electrons. The second-order valence-electron chi connectivity index (χ2n) is 4.59. The van der Waals surface area contributed by atoms with Crippen LogP contribution < -0.4 is 10.0 Å². The first-order valence-electron chi connectivity index (χ1n) is 6.76. The van der Waals surface area contributed by atoms with Crippen molar-refractivity contribution >= 4 is 27.0 Å². The molecule has 1 heterocycles. The van der Waals surface area contributed by atoms with E-state index >= 15 is 0 Å². The molecule has 0 aliphatic carbocycles. The summed E-state index contributed by atoms with van der Waals surface area (Å²) in [6, 6.07) is 6.74. The first-order valence-corrected chi connectivity index (χ1v) is 9.12. The van der Waals surface area contributed by atoms with Crippen LogP contribution in [0.1, 0.15) is 17.6 Å². The Morgan fingerprint density at radius 3 is 2.52 bits per heavy atom. The molecule has 1 aromatic heterocycles. The molecule has 0 aliphatic heterocycles. The molecule has 5 nitrogen and oxygen atoms in total. The molecule has 2 rings (SSSR count). The Morgan fingerprint density at radius 1 is 1.24 bits per heavy atom. The zero-order valence-corrected chi connectivity index (χ0v) is 13.7. The number of rotatable bonds is 7. The van der Waals surface area contributed by atoms with Gasteiger partial charge in [-0.15, -0.1) is 11.3 Å². The average Bonchev–Trinajstić information content (AvgIpc) is 2.85. The summed E-state index contributed by atoms with van der Waals surface area (Å²) in [7, 11) is -3.46. The van der Waals surface area contributed by atoms with E-state index in [0.717, 1.165) is 22.9 Å². The first-order chi connectivity index (χ1) is 10.0. The van der Waals surface area contributed by atoms with E-state index in [2.05, 4.69) is 15.0 Å². The number of thiazole rings is 1. The number of nitrogens with zero attached hydrogens (tertiary/aromatic N) is 1. The minimum Gasteiger partial charge on any atom is -0.385 e. The number of sulfonamides is 1. The fourth-order valence-corrected chi connectivity index (χ4v) is 3.66. The van der Waals surface area contributed by atoms with E-state index in [-0.39, 0.29) is 4.90 Å². The highest BCUT2D eigenvalue weighted by Gasteiger charge is 2.13. The van der Waals surface area contributed by atoms with E-state index in [0.29, 0.717) is 13.0 Å². The maximum Gasteiger partial charge on any atom is 0.240 e. The van der Waals surface area contributed by atoms with Crippen LogP contribution in [0.5, 0.6) is 0 Å². The predicted octanol–water partition coefficient (Wildman–Crippen LogP) is 2.40. The second kappa shape index (κ2) is 7.02. The van der Waals surface area contributed by atoms with Crippen molar-refractivity contribution in [3.8, 4) is 0 Å². The summed E-state index contributed by atoms with van der Waals surface area (Å²) in [5, 5.41) is 6.03. The largest absolute Gasteiger partial charge is 0.385 e. The quantitative estimate of drug-likeness (QED) is 0.820. The lowest BCUT2D eigenvalue weighted by Gasteiger charge is -2.07. The third-order valence-electron chi connectivity index (χ3n) is 2.84. The van der Waals surface area contributed by atoms with Crippen LogP contribution in [-0.4, -0.2) is 26.5 Å². The molecule has 21 heavy (non-hydrogen) atoms. The molecule has 0 atom stereocenters. The SMILES string of the molecule is CCNc1ccc(S(=O)(=O)NCCc2nc(C)cs2)cc1. The fourth-order valence-electron chi connectivity index (χ4n) is 1.85. The average molecular weight is 325 g/mol. The van der Waals surface area contributed by atoms with Crippen LogP contribution in [0.3, 0.4) is 0 Å². The van der Waals surface area contributed by atoms with Crippen LogP contribution in [0.4, 0.5) is 5.69 Å². The van der Waals surface area contributed by atoms with E-state index in [1.54, 1.807) is 35.6 Å². The molecular weight excluding hydrogens is 306 g/mol. The molecule has 0 aliphatic rings. The van der Waals surface area contributed by atoms with Gasteiger partial charge in [-0.2, -0.15) is 0 Å². The molecule has 0 radical (unpaired) electrons. The second-order valence-corrected chi connectivity index (χ2v) is 7.29. The van der Waals surface area contributed by atoms with Crippen LogP contribution in [-0.2, 0) is 16.4 Å².